The maximum Gasteiger partial charge on any atom is 0.176 e. The van der Waals surface area contributed by atoms with Crippen LogP contribution in [0, 0.1) is 0 Å². The number of nitrogens with one attached hydrogen (secondary N) is 2. The van der Waals surface area contributed by atoms with Gasteiger partial charge in [-0.1, -0.05) is 12.1 Å². The molecule has 0 amide bonds. The van der Waals surface area contributed by atoms with Gasteiger partial charge in [0.05, 0.1) is 17.6 Å². The Bertz CT molecular complexity index is 807. The molecule has 2 aromatic heterocycles. The molecule has 4 N–H and O–H groups in total. The van der Waals surface area contributed by atoms with E-state index in [1.165, 1.54) is 6.92 Å². The van der Waals surface area contributed by atoms with Gasteiger partial charge in [0, 0.05) is 24.5 Å². The molecule has 0 spiro atoms. The van der Waals surface area contributed by atoms with Crippen molar-refractivity contribution in [3.05, 3.63) is 53.9 Å². The van der Waals surface area contributed by atoms with Gasteiger partial charge in [-0.15, -0.1) is 0 Å². The van der Waals surface area contributed by atoms with Crippen LogP contribution >= 0.6 is 0 Å². The summed E-state index contributed by atoms with van der Waals surface area (Å²) in [6.45, 7) is 2.20. The van der Waals surface area contributed by atoms with E-state index < -0.39 is 0 Å². The molecule has 2 heterocycles. The zero-order chi connectivity index (χ0) is 14.8. The molecule has 0 aliphatic carbocycles. The lowest BCUT2D eigenvalue weighted by molar-refractivity contribution is 0.101. The van der Waals surface area contributed by atoms with Crippen molar-refractivity contribution in [2.45, 2.75) is 13.5 Å². The molecule has 0 saturated carbocycles. The van der Waals surface area contributed by atoms with Gasteiger partial charge in [0.25, 0.3) is 0 Å². The molecule has 21 heavy (non-hydrogen) atoms. The highest BCUT2D eigenvalue weighted by atomic mass is 16.1. The number of carbonyl (C=O) groups excluding carboxylic acids is 1. The molecular weight excluding hydrogens is 264 g/mol. The minimum atomic E-state index is 0.00210. The average molecular weight is 280 g/mol. The van der Waals surface area contributed by atoms with Gasteiger partial charge in [0.15, 0.2) is 5.78 Å². The summed E-state index contributed by atoms with van der Waals surface area (Å²) in [4.78, 5) is 18.7. The number of rotatable bonds is 4. The Morgan fingerprint density at radius 1 is 1.33 bits per heavy atom. The normalized spacial score (nSPS) is 10.7. The first-order valence-electron chi connectivity index (χ1n) is 6.70. The number of nitrogens with two attached hydrogens (primary N) is 1. The molecule has 5 nitrogen and oxygen atoms in total. The summed E-state index contributed by atoms with van der Waals surface area (Å²) < 4.78 is 0. The first-order chi connectivity index (χ1) is 10.1. The van der Waals surface area contributed by atoms with Crippen LogP contribution in [-0.4, -0.2) is 15.8 Å². The summed E-state index contributed by atoms with van der Waals surface area (Å²) in [5, 5.41) is 4.22. The second-order valence-electron chi connectivity index (χ2n) is 5.00. The summed E-state index contributed by atoms with van der Waals surface area (Å²) in [6, 6.07) is 11.5. The van der Waals surface area contributed by atoms with Crippen molar-refractivity contribution in [3.63, 3.8) is 0 Å². The van der Waals surface area contributed by atoms with Crippen LogP contribution in [0.2, 0.25) is 0 Å². The number of nitrogen functional groups attached to an aromatic ring is 1. The minimum Gasteiger partial charge on any atom is -0.399 e. The van der Waals surface area contributed by atoms with Crippen molar-refractivity contribution >= 4 is 28.2 Å². The highest BCUT2D eigenvalue weighted by Gasteiger charge is 2.06. The number of hydrogen-bond donors (Lipinski definition) is 3. The van der Waals surface area contributed by atoms with Gasteiger partial charge in [-0.25, -0.2) is 4.98 Å². The Labute approximate surface area is 122 Å². The van der Waals surface area contributed by atoms with E-state index >= 15 is 0 Å². The molecule has 0 aliphatic rings. The zero-order valence-electron chi connectivity index (χ0n) is 11.7. The van der Waals surface area contributed by atoms with E-state index in [1.807, 2.05) is 36.4 Å². The quantitative estimate of drug-likeness (QED) is 0.507. The SMILES string of the molecule is CC(=O)c1cc2cc(NCc3cccc(N)c3)cnc2[nH]1. The van der Waals surface area contributed by atoms with Gasteiger partial charge in [-0.3, -0.25) is 4.79 Å². The monoisotopic (exact) mass is 280 g/mol. The van der Waals surface area contributed by atoms with Crippen LogP contribution in [0.4, 0.5) is 11.4 Å². The number of pyridine rings is 1. The van der Waals surface area contributed by atoms with Gasteiger partial charge < -0.3 is 16.0 Å². The van der Waals surface area contributed by atoms with E-state index in [-0.39, 0.29) is 5.78 Å². The smallest absolute Gasteiger partial charge is 0.176 e. The Morgan fingerprint density at radius 2 is 2.19 bits per heavy atom. The topological polar surface area (TPSA) is 83.8 Å². The lowest BCUT2D eigenvalue weighted by Gasteiger charge is -2.06. The van der Waals surface area contributed by atoms with Gasteiger partial charge in [-0.2, -0.15) is 0 Å². The van der Waals surface area contributed by atoms with E-state index in [2.05, 4.69) is 15.3 Å². The van der Waals surface area contributed by atoms with Crippen LogP contribution in [0.5, 0.6) is 0 Å². The number of Topliss-reactive ketones (excluding diaryl/α,β-unsaturated/α-hetero) is 1. The Hall–Kier alpha value is -2.82. The fourth-order valence-electron chi connectivity index (χ4n) is 2.21. The molecule has 0 radical (unpaired) electrons. The maximum atomic E-state index is 11.4. The fourth-order valence-corrected chi connectivity index (χ4v) is 2.21. The molecule has 106 valence electrons. The molecule has 0 unspecified atom stereocenters. The number of H-pyrrole nitrogens is 1. The summed E-state index contributed by atoms with van der Waals surface area (Å²) in [5.41, 5.74) is 9.81. The zero-order valence-corrected chi connectivity index (χ0v) is 11.7. The molecule has 0 saturated heterocycles. The largest absolute Gasteiger partial charge is 0.399 e. The van der Waals surface area contributed by atoms with Crippen molar-refractivity contribution in [1.29, 1.82) is 0 Å². The summed E-state index contributed by atoms with van der Waals surface area (Å²) in [6.07, 6.45) is 1.75. The summed E-state index contributed by atoms with van der Waals surface area (Å²) in [5.74, 6) is 0.00210. The third-order valence-corrected chi connectivity index (χ3v) is 3.30. The molecule has 3 aromatic rings. The van der Waals surface area contributed by atoms with Crippen LogP contribution in [0.25, 0.3) is 11.0 Å². The number of ketones is 1. The van der Waals surface area contributed by atoms with Gasteiger partial charge in [0.1, 0.15) is 5.65 Å². The first kappa shape index (κ1) is 13.2. The Morgan fingerprint density at radius 3 is 2.95 bits per heavy atom. The molecule has 0 fully saturated rings. The number of aromatic nitrogens is 2. The van der Waals surface area contributed by atoms with Crippen molar-refractivity contribution in [3.8, 4) is 0 Å². The van der Waals surface area contributed by atoms with Crippen molar-refractivity contribution < 1.29 is 4.79 Å². The van der Waals surface area contributed by atoms with E-state index in [0.29, 0.717) is 12.2 Å². The van der Waals surface area contributed by atoms with Crippen molar-refractivity contribution in [1.82, 2.24) is 9.97 Å². The number of aromatic amines is 1. The van der Waals surface area contributed by atoms with Gasteiger partial charge >= 0.3 is 0 Å². The molecule has 5 heteroatoms. The number of anilines is 2. The molecule has 0 aliphatic heterocycles. The lowest BCUT2D eigenvalue weighted by Crippen LogP contribution is -2.00. The van der Waals surface area contributed by atoms with Gasteiger partial charge in [0.2, 0.25) is 0 Å². The van der Waals surface area contributed by atoms with E-state index in [0.717, 1.165) is 28.0 Å². The van der Waals surface area contributed by atoms with Crippen LogP contribution in [0.1, 0.15) is 23.0 Å². The Kier molecular flexibility index (Phi) is 3.31. The predicted molar refractivity (Wildman–Crippen MR) is 84.3 cm³/mol. The van der Waals surface area contributed by atoms with Crippen LogP contribution < -0.4 is 11.1 Å². The summed E-state index contributed by atoms with van der Waals surface area (Å²) in [7, 11) is 0. The molecular formula is C16H16N4O. The van der Waals surface area contributed by atoms with Crippen LogP contribution in [-0.2, 0) is 6.54 Å². The molecule has 0 atom stereocenters. The van der Waals surface area contributed by atoms with Crippen molar-refractivity contribution in [2.24, 2.45) is 0 Å². The molecule has 0 bridgehead atoms. The standard InChI is InChI=1S/C16H16N4O/c1-10(21)15-7-12-6-14(9-19-16(12)20-15)18-8-11-3-2-4-13(17)5-11/h2-7,9,18H,8,17H2,1H3,(H,19,20). The van der Waals surface area contributed by atoms with Crippen molar-refractivity contribution in [2.75, 3.05) is 11.1 Å². The molecule has 3 rings (SSSR count). The van der Waals surface area contributed by atoms with E-state index in [9.17, 15) is 4.79 Å². The molecule has 1 aromatic carbocycles. The number of hydrogen-bond acceptors (Lipinski definition) is 4. The third-order valence-electron chi connectivity index (χ3n) is 3.30. The highest BCUT2D eigenvalue weighted by Crippen LogP contribution is 2.19. The second-order valence-corrected chi connectivity index (χ2v) is 5.00. The Balaban J connectivity index is 1.79. The minimum absolute atomic E-state index is 0.00210. The van der Waals surface area contributed by atoms with Gasteiger partial charge in [-0.05, 0) is 29.8 Å². The maximum absolute atomic E-state index is 11.4. The third kappa shape index (κ3) is 2.86. The average Bonchev–Trinajstić information content (AvgIpc) is 2.88. The number of fused-ring (bicyclic) bond motifs is 1. The van der Waals surface area contributed by atoms with E-state index in [1.54, 1.807) is 6.20 Å². The number of benzene rings is 1. The second kappa shape index (κ2) is 5.28. The predicted octanol–water partition coefficient (Wildman–Crippen LogP) is 2.96. The first-order valence-corrected chi connectivity index (χ1v) is 6.70. The highest BCUT2D eigenvalue weighted by molar-refractivity contribution is 5.97. The van der Waals surface area contributed by atoms with Crippen LogP contribution in [0.15, 0.2) is 42.6 Å². The summed E-state index contributed by atoms with van der Waals surface area (Å²) >= 11 is 0. The lowest BCUT2D eigenvalue weighted by atomic mass is 10.2. The number of nitrogens with zero attached hydrogens (tertiary/aromatic N) is 1. The van der Waals surface area contributed by atoms with Crippen LogP contribution in [0.3, 0.4) is 0 Å². The van der Waals surface area contributed by atoms with E-state index in [4.69, 9.17) is 5.73 Å². The fraction of sp³-hybridized carbons (Fsp3) is 0.125. The number of carbonyl (C=O) groups is 1.